The highest BCUT2D eigenvalue weighted by molar-refractivity contribution is 5.94. The summed E-state index contributed by atoms with van der Waals surface area (Å²) in [6, 6.07) is 18.0. The van der Waals surface area contributed by atoms with Crippen LogP contribution in [0.2, 0.25) is 0 Å². The van der Waals surface area contributed by atoms with Gasteiger partial charge in [-0.15, -0.1) is 0 Å². The zero-order valence-corrected chi connectivity index (χ0v) is 16.9. The predicted molar refractivity (Wildman–Crippen MR) is 113 cm³/mol. The van der Waals surface area contributed by atoms with Gasteiger partial charge >= 0.3 is 0 Å². The van der Waals surface area contributed by atoms with Crippen molar-refractivity contribution in [2.45, 2.75) is 31.4 Å². The van der Waals surface area contributed by atoms with E-state index < -0.39 is 0 Å². The van der Waals surface area contributed by atoms with Crippen LogP contribution in [0.3, 0.4) is 0 Å². The van der Waals surface area contributed by atoms with Gasteiger partial charge in [-0.05, 0) is 70.3 Å². The second-order valence-electron chi connectivity index (χ2n) is 7.49. The summed E-state index contributed by atoms with van der Waals surface area (Å²) in [5, 5.41) is 6.36. The van der Waals surface area contributed by atoms with Gasteiger partial charge in [0, 0.05) is 18.0 Å². The smallest absolute Gasteiger partial charge is 0.251 e. The van der Waals surface area contributed by atoms with Crippen LogP contribution < -0.4 is 15.4 Å². The number of hydrogen-bond donors (Lipinski definition) is 2. The van der Waals surface area contributed by atoms with Gasteiger partial charge in [0.05, 0.1) is 0 Å². The Labute approximate surface area is 168 Å². The Balaban J connectivity index is 1.66. The third-order valence-corrected chi connectivity index (χ3v) is 5.26. The summed E-state index contributed by atoms with van der Waals surface area (Å²) in [7, 11) is 4.06. The van der Waals surface area contributed by atoms with Crippen LogP contribution in [0.15, 0.2) is 54.6 Å². The third-order valence-electron chi connectivity index (χ3n) is 5.26. The van der Waals surface area contributed by atoms with E-state index in [9.17, 15) is 4.79 Å². The number of carbonyl (C=O) groups excluding carboxylic acids is 1. The van der Waals surface area contributed by atoms with Gasteiger partial charge in [-0.25, -0.2) is 0 Å². The van der Waals surface area contributed by atoms with E-state index in [0.717, 1.165) is 50.2 Å². The van der Waals surface area contributed by atoms with Crippen molar-refractivity contribution in [1.29, 1.82) is 0 Å². The molecular formula is C23H31N3O2. The molecule has 0 radical (unpaired) electrons. The van der Waals surface area contributed by atoms with E-state index in [0.29, 0.717) is 5.56 Å². The minimum absolute atomic E-state index is 0.0218. The molecule has 3 rings (SSSR count). The molecule has 1 fully saturated rings. The Morgan fingerprint density at radius 1 is 1.14 bits per heavy atom. The fourth-order valence-corrected chi connectivity index (χ4v) is 3.53. The maximum Gasteiger partial charge on any atom is 0.251 e. The summed E-state index contributed by atoms with van der Waals surface area (Å²) >= 11 is 0. The Kier molecular flexibility index (Phi) is 7.46. The number of carbonyl (C=O) groups is 1. The lowest BCUT2D eigenvalue weighted by Crippen LogP contribution is -2.43. The summed E-state index contributed by atoms with van der Waals surface area (Å²) in [5.41, 5.74) is 1.79. The van der Waals surface area contributed by atoms with E-state index in [4.69, 9.17) is 4.74 Å². The standard InChI is InChI=1S/C23H31N3O2/c1-24-14-11-22(18-7-4-3-5-8-18)28-21-10-6-9-19(17-21)23(27)25-20-12-15-26(2)16-13-20/h3-10,17,20,22,24H,11-16H2,1-2H3,(H,25,27). The molecule has 1 heterocycles. The van der Waals surface area contributed by atoms with E-state index in [1.165, 1.54) is 0 Å². The third kappa shape index (κ3) is 5.81. The first-order valence-electron chi connectivity index (χ1n) is 10.1. The molecule has 1 atom stereocenters. The van der Waals surface area contributed by atoms with E-state index in [2.05, 4.69) is 34.7 Å². The summed E-state index contributed by atoms with van der Waals surface area (Å²) in [4.78, 5) is 15.0. The molecule has 2 aromatic rings. The first-order valence-corrected chi connectivity index (χ1v) is 10.1. The highest BCUT2D eigenvalue weighted by Crippen LogP contribution is 2.25. The predicted octanol–water partition coefficient (Wildman–Crippen LogP) is 3.24. The number of nitrogens with zero attached hydrogens (tertiary/aromatic N) is 1. The summed E-state index contributed by atoms with van der Waals surface area (Å²) < 4.78 is 6.27. The molecule has 1 aliphatic heterocycles. The highest BCUT2D eigenvalue weighted by atomic mass is 16.5. The topological polar surface area (TPSA) is 53.6 Å². The minimum Gasteiger partial charge on any atom is -0.486 e. The molecule has 1 saturated heterocycles. The van der Waals surface area contributed by atoms with Crippen molar-refractivity contribution < 1.29 is 9.53 Å². The van der Waals surface area contributed by atoms with Crippen molar-refractivity contribution in [2.75, 3.05) is 33.7 Å². The Bertz CT molecular complexity index is 743. The summed E-state index contributed by atoms with van der Waals surface area (Å²) in [5.74, 6) is 0.701. The lowest BCUT2D eigenvalue weighted by atomic mass is 10.0. The molecule has 0 aromatic heterocycles. The molecule has 1 unspecified atom stereocenters. The molecule has 1 amide bonds. The number of nitrogens with one attached hydrogen (secondary N) is 2. The first kappa shape index (κ1) is 20.4. The number of likely N-dealkylation sites (tertiary alicyclic amines) is 1. The Morgan fingerprint density at radius 2 is 1.89 bits per heavy atom. The molecule has 0 spiro atoms. The fraction of sp³-hybridized carbons (Fsp3) is 0.435. The van der Waals surface area contributed by atoms with Crippen molar-refractivity contribution in [3.05, 3.63) is 65.7 Å². The van der Waals surface area contributed by atoms with Crippen LogP contribution in [0.4, 0.5) is 0 Å². The van der Waals surface area contributed by atoms with E-state index in [1.807, 2.05) is 49.5 Å². The van der Waals surface area contributed by atoms with Crippen molar-refractivity contribution in [2.24, 2.45) is 0 Å². The van der Waals surface area contributed by atoms with Gasteiger partial charge in [0.15, 0.2) is 0 Å². The monoisotopic (exact) mass is 381 g/mol. The van der Waals surface area contributed by atoms with Gasteiger partial charge in [-0.1, -0.05) is 36.4 Å². The summed E-state index contributed by atoms with van der Waals surface area (Å²) in [6.45, 7) is 2.91. The van der Waals surface area contributed by atoms with Gasteiger partial charge in [-0.2, -0.15) is 0 Å². The molecule has 150 valence electrons. The van der Waals surface area contributed by atoms with Gasteiger partial charge in [0.2, 0.25) is 0 Å². The van der Waals surface area contributed by atoms with Crippen LogP contribution in [-0.4, -0.2) is 50.6 Å². The fourth-order valence-electron chi connectivity index (χ4n) is 3.53. The number of piperidine rings is 1. The van der Waals surface area contributed by atoms with Crippen LogP contribution in [0, 0.1) is 0 Å². The molecule has 2 N–H and O–H groups in total. The lowest BCUT2D eigenvalue weighted by molar-refractivity contribution is 0.0916. The average molecular weight is 382 g/mol. The van der Waals surface area contributed by atoms with Gasteiger partial charge in [-0.3, -0.25) is 4.79 Å². The molecule has 0 aliphatic carbocycles. The normalized spacial score (nSPS) is 16.5. The van der Waals surface area contributed by atoms with Crippen molar-refractivity contribution in [3.8, 4) is 5.75 Å². The van der Waals surface area contributed by atoms with E-state index in [-0.39, 0.29) is 18.1 Å². The van der Waals surface area contributed by atoms with Crippen molar-refractivity contribution in [3.63, 3.8) is 0 Å². The largest absolute Gasteiger partial charge is 0.486 e. The van der Waals surface area contributed by atoms with Crippen LogP contribution >= 0.6 is 0 Å². The van der Waals surface area contributed by atoms with E-state index in [1.54, 1.807) is 0 Å². The maximum atomic E-state index is 12.7. The minimum atomic E-state index is -0.0548. The number of hydrogen-bond acceptors (Lipinski definition) is 4. The van der Waals surface area contributed by atoms with Crippen LogP contribution in [0.5, 0.6) is 5.75 Å². The molecule has 28 heavy (non-hydrogen) atoms. The SMILES string of the molecule is CNCCC(Oc1cccc(C(=O)NC2CCN(C)CC2)c1)c1ccccc1. The number of benzene rings is 2. The number of rotatable bonds is 8. The zero-order valence-electron chi connectivity index (χ0n) is 16.9. The van der Waals surface area contributed by atoms with Crippen LogP contribution in [-0.2, 0) is 0 Å². The van der Waals surface area contributed by atoms with Gasteiger partial charge in [0.25, 0.3) is 5.91 Å². The quantitative estimate of drug-likeness (QED) is 0.737. The van der Waals surface area contributed by atoms with Crippen molar-refractivity contribution >= 4 is 5.91 Å². The highest BCUT2D eigenvalue weighted by Gasteiger charge is 2.20. The molecule has 0 bridgehead atoms. The van der Waals surface area contributed by atoms with Crippen LogP contribution in [0.25, 0.3) is 0 Å². The van der Waals surface area contributed by atoms with E-state index >= 15 is 0 Å². The maximum absolute atomic E-state index is 12.7. The van der Waals surface area contributed by atoms with Crippen molar-refractivity contribution in [1.82, 2.24) is 15.5 Å². The first-order chi connectivity index (χ1) is 13.7. The Hall–Kier alpha value is -2.37. The molecule has 1 aliphatic rings. The number of ether oxygens (including phenoxy) is 1. The number of amides is 1. The van der Waals surface area contributed by atoms with Crippen LogP contribution in [0.1, 0.15) is 41.3 Å². The zero-order chi connectivity index (χ0) is 19.8. The molecule has 0 saturated carbocycles. The second-order valence-corrected chi connectivity index (χ2v) is 7.49. The lowest BCUT2D eigenvalue weighted by Gasteiger charge is -2.29. The van der Waals surface area contributed by atoms with Gasteiger partial charge in [0.1, 0.15) is 11.9 Å². The second kappa shape index (κ2) is 10.2. The summed E-state index contributed by atoms with van der Waals surface area (Å²) in [6.07, 6.45) is 2.80. The molecule has 5 heteroatoms. The average Bonchev–Trinajstić information content (AvgIpc) is 2.73. The van der Waals surface area contributed by atoms with Gasteiger partial charge < -0.3 is 20.3 Å². The molecule has 2 aromatic carbocycles. The molecular weight excluding hydrogens is 350 g/mol. The molecule has 5 nitrogen and oxygen atoms in total. The Morgan fingerprint density at radius 3 is 2.61 bits per heavy atom.